The van der Waals surface area contributed by atoms with Crippen LogP contribution in [0.25, 0.3) is 0 Å². The number of hydrogen-bond donors (Lipinski definition) is 0. The highest BCUT2D eigenvalue weighted by Gasteiger charge is 2.19. The van der Waals surface area contributed by atoms with Crippen molar-refractivity contribution in [3.63, 3.8) is 0 Å². The first-order chi connectivity index (χ1) is 29.5. The molecular weight excluding hydrogens is 745 g/mol. The smallest absolute Gasteiger partial charge is 0.306 e. The monoisotopic (exact) mass is 841 g/mol. The molecule has 6 heteroatoms. The summed E-state index contributed by atoms with van der Waals surface area (Å²) in [4.78, 5) is 37.8. The first kappa shape index (κ1) is 57.4. The van der Waals surface area contributed by atoms with Crippen LogP contribution in [-0.4, -0.2) is 37.2 Å². The van der Waals surface area contributed by atoms with Gasteiger partial charge in [0.25, 0.3) is 0 Å². The Morgan fingerprint density at radius 2 is 0.617 bits per heavy atom. The van der Waals surface area contributed by atoms with E-state index in [2.05, 4.69) is 69.4 Å². The van der Waals surface area contributed by atoms with Crippen LogP contribution in [0.4, 0.5) is 0 Å². The third-order valence-corrected chi connectivity index (χ3v) is 11.1. The maximum atomic E-state index is 12.7. The molecule has 0 aromatic rings. The van der Waals surface area contributed by atoms with Crippen LogP contribution in [0.1, 0.15) is 258 Å². The topological polar surface area (TPSA) is 78.9 Å². The highest BCUT2D eigenvalue weighted by molar-refractivity contribution is 5.71. The van der Waals surface area contributed by atoms with E-state index in [1.165, 1.54) is 128 Å². The van der Waals surface area contributed by atoms with Gasteiger partial charge in [-0.15, -0.1) is 0 Å². The molecule has 0 bridgehead atoms. The second-order valence-electron chi connectivity index (χ2n) is 17.1. The van der Waals surface area contributed by atoms with Gasteiger partial charge in [-0.3, -0.25) is 14.4 Å². The third kappa shape index (κ3) is 46.4. The molecule has 0 amide bonds. The van der Waals surface area contributed by atoms with E-state index in [-0.39, 0.29) is 31.1 Å². The van der Waals surface area contributed by atoms with E-state index in [4.69, 9.17) is 14.2 Å². The van der Waals surface area contributed by atoms with Gasteiger partial charge in [0.1, 0.15) is 13.2 Å². The largest absolute Gasteiger partial charge is 0.462 e. The van der Waals surface area contributed by atoms with Crippen molar-refractivity contribution in [3.8, 4) is 0 Å². The molecule has 0 aromatic heterocycles. The first-order valence-corrected chi connectivity index (χ1v) is 25.6. The molecule has 0 saturated carbocycles. The number of carbonyl (C=O) groups is 3. The molecule has 0 heterocycles. The average Bonchev–Trinajstić information content (AvgIpc) is 3.24. The minimum Gasteiger partial charge on any atom is -0.462 e. The lowest BCUT2D eigenvalue weighted by Crippen LogP contribution is -2.30. The summed E-state index contributed by atoms with van der Waals surface area (Å²) in [6, 6.07) is 0. The number of rotatable bonds is 46. The minimum absolute atomic E-state index is 0.0793. The highest BCUT2D eigenvalue weighted by Crippen LogP contribution is 2.14. The van der Waals surface area contributed by atoms with E-state index in [1.807, 2.05) is 0 Å². The lowest BCUT2D eigenvalue weighted by molar-refractivity contribution is -0.167. The van der Waals surface area contributed by atoms with Gasteiger partial charge in [-0.05, 0) is 77.0 Å². The Labute approximate surface area is 371 Å². The van der Waals surface area contributed by atoms with Crippen LogP contribution in [0.5, 0.6) is 0 Å². The standard InChI is InChI=1S/C54H96O6/c1-4-7-10-13-16-18-20-22-24-25-26-27-28-29-30-32-33-35-38-41-44-47-53(56)59-50-51(49-58-52(55)46-43-40-37-15-12-9-6-3)60-54(57)48-45-42-39-36-34-31-23-21-19-17-14-11-8-5-2/h14,17,20-23,25-26,51H,4-13,15-16,18-19,24,27-50H2,1-3H3/b17-14-,22-20-,23-21-,26-25-. The zero-order valence-electron chi connectivity index (χ0n) is 39.7. The van der Waals surface area contributed by atoms with Crippen molar-refractivity contribution < 1.29 is 28.6 Å². The molecular formula is C54H96O6. The normalized spacial score (nSPS) is 12.4. The molecule has 6 nitrogen and oxygen atoms in total. The average molecular weight is 841 g/mol. The van der Waals surface area contributed by atoms with Crippen molar-refractivity contribution in [2.45, 2.75) is 264 Å². The van der Waals surface area contributed by atoms with Gasteiger partial charge in [0.15, 0.2) is 6.10 Å². The molecule has 348 valence electrons. The molecule has 0 saturated heterocycles. The van der Waals surface area contributed by atoms with Crippen molar-refractivity contribution in [3.05, 3.63) is 48.6 Å². The number of unbranched alkanes of at least 4 members (excludes halogenated alkanes) is 27. The lowest BCUT2D eigenvalue weighted by atomic mass is 10.1. The third-order valence-electron chi connectivity index (χ3n) is 11.1. The van der Waals surface area contributed by atoms with Gasteiger partial charge in [-0.25, -0.2) is 0 Å². The number of carbonyl (C=O) groups excluding carboxylic acids is 3. The van der Waals surface area contributed by atoms with E-state index in [0.29, 0.717) is 19.3 Å². The quantitative estimate of drug-likeness (QED) is 0.0263. The highest BCUT2D eigenvalue weighted by atomic mass is 16.6. The van der Waals surface area contributed by atoms with Crippen LogP contribution in [0.15, 0.2) is 48.6 Å². The maximum absolute atomic E-state index is 12.7. The summed E-state index contributed by atoms with van der Waals surface area (Å²) in [6.45, 7) is 6.54. The first-order valence-electron chi connectivity index (χ1n) is 25.6. The van der Waals surface area contributed by atoms with Crippen LogP contribution in [0.3, 0.4) is 0 Å². The van der Waals surface area contributed by atoms with Crippen LogP contribution in [0, 0.1) is 0 Å². The minimum atomic E-state index is -0.777. The van der Waals surface area contributed by atoms with Gasteiger partial charge in [-0.2, -0.15) is 0 Å². The van der Waals surface area contributed by atoms with Crippen LogP contribution >= 0.6 is 0 Å². The summed E-state index contributed by atoms with van der Waals surface area (Å²) in [7, 11) is 0. The van der Waals surface area contributed by atoms with Crippen molar-refractivity contribution in [2.24, 2.45) is 0 Å². The van der Waals surface area contributed by atoms with Crippen molar-refractivity contribution >= 4 is 17.9 Å². The number of esters is 3. The zero-order chi connectivity index (χ0) is 43.7. The van der Waals surface area contributed by atoms with Gasteiger partial charge in [0.05, 0.1) is 0 Å². The Balaban J connectivity index is 4.23. The summed E-state index contributed by atoms with van der Waals surface area (Å²) in [5.74, 6) is -0.900. The molecule has 0 aliphatic heterocycles. The Morgan fingerprint density at radius 3 is 0.967 bits per heavy atom. The van der Waals surface area contributed by atoms with Gasteiger partial charge in [-0.1, -0.05) is 211 Å². The Kier molecular flexibility index (Phi) is 46.9. The summed E-state index contributed by atoms with van der Waals surface area (Å²) >= 11 is 0. The van der Waals surface area contributed by atoms with Crippen LogP contribution < -0.4 is 0 Å². The molecule has 0 aliphatic carbocycles. The summed E-state index contributed by atoms with van der Waals surface area (Å²) < 4.78 is 16.7. The molecule has 0 N–H and O–H groups in total. The van der Waals surface area contributed by atoms with Crippen LogP contribution in [-0.2, 0) is 28.6 Å². The van der Waals surface area contributed by atoms with Crippen LogP contribution in [0.2, 0.25) is 0 Å². The molecule has 60 heavy (non-hydrogen) atoms. The predicted molar refractivity (Wildman–Crippen MR) is 256 cm³/mol. The van der Waals surface area contributed by atoms with E-state index in [1.54, 1.807) is 0 Å². The van der Waals surface area contributed by atoms with Gasteiger partial charge < -0.3 is 14.2 Å². The molecule has 0 fully saturated rings. The maximum Gasteiger partial charge on any atom is 0.306 e. The van der Waals surface area contributed by atoms with Gasteiger partial charge >= 0.3 is 17.9 Å². The molecule has 0 rings (SSSR count). The number of allylic oxidation sites excluding steroid dienone is 8. The zero-order valence-corrected chi connectivity index (χ0v) is 39.7. The Morgan fingerprint density at radius 1 is 0.333 bits per heavy atom. The second-order valence-corrected chi connectivity index (χ2v) is 17.1. The lowest BCUT2D eigenvalue weighted by Gasteiger charge is -2.18. The van der Waals surface area contributed by atoms with E-state index < -0.39 is 6.10 Å². The Hall–Kier alpha value is -2.63. The SMILES string of the molecule is CCCC/C=C\C/C=C\CCCCCCCC(=O)OC(COC(=O)CCCCCCCCC)COC(=O)CCCCCCCCCCC/C=C\C/C=C\CCCCCCC. The number of ether oxygens (including phenoxy) is 3. The summed E-state index contributed by atoms with van der Waals surface area (Å²) in [6.07, 6.45) is 58.2. The molecule has 0 radical (unpaired) electrons. The Bertz CT molecular complexity index is 1060. The van der Waals surface area contributed by atoms with Gasteiger partial charge in [0, 0.05) is 19.3 Å². The summed E-state index contributed by atoms with van der Waals surface area (Å²) in [5, 5.41) is 0. The molecule has 0 spiro atoms. The second kappa shape index (κ2) is 49.0. The van der Waals surface area contributed by atoms with E-state index in [0.717, 1.165) is 89.9 Å². The number of hydrogen-bond acceptors (Lipinski definition) is 6. The van der Waals surface area contributed by atoms with Crippen molar-refractivity contribution in [2.75, 3.05) is 13.2 Å². The fourth-order valence-electron chi connectivity index (χ4n) is 7.14. The van der Waals surface area contributed by atoms with Crippen molar-refractivity contribution in [1.82, 2.24) is 0 Å². The fraction of sp³-hybridized carbons (Fsp3) is 0.796. The molecule has 0 aromatic carbocycles. The predicted octanol–water partition coefficient (Wildman–Crippen LogP) is 16.7. The molecule has 0 aliphatic rings. The van der Waals surface area contributed by atoms with Crippen molar-refractivity contribution in [1.29, 1.82) is 0 Å². The molecule has 1 atom stereocenters. The van der Waals surface area contributed by atoms with Gasteiger partial charge in [0.2, 0.25) is 0 Å². The van der Waals surface area contributed by atoms with E-state index >= 15 is 0 Å². The fourth-order valence-corrected chi connectivity index (χ4v) is 7.14. The molecule has 1 unspecified atom stereocenters. The summed E-state index contributed by atoms with van der Waals surface area (Å²) in [5.41, 5.74) is 0. The van der Waals surface area contributed by atoms with E-state index in [9.17, 15) is 14.4 Å².